The number of hydrogen-bond acceptors (Lipinski definition) is 4. The molecule has 1 unspecified atom stereocenters. The fourth-order valence-corrected chi connectivity index (χ4v) is 2.87. The number of hydrogen-bond donors (Lipinski definition) is 2. The Labute approximate surface area is 174 Å². The molecule has 0 aliphatic carbocycles. The Morgan fingerprint density at radius 1 is 1.23 bits per heavy atom. The first kappa shape index (κ1) is 23.0. The van der Waals surface area contributed by atoms with Crippen molar-refractivity contribution in [1.82, 2.24) is 10.6 Å². The summed E-state index contributed by atoms with van der Waals surface area (Å²) in [6.45, 7) is 7.82. The van der Waals surface area contributed by atoms with Gasteiger partial charge < -0.3 is 25.0 Å². The second-order valence-electron chi connectivity index (χ2n) is 6.13. The molecule has 1 aromatic carbocycles. The van der Waals surface area contributed by atoms with Gasteiger partial charge in [0.25, 0.3) is 0 Å². The van der Waals surface area contributed by atoms with Gasteiger partial charge in [0.05, 0.1) is 13.2 Å². The van der Waals surface area contributed by atoms with E-state index in [1.807, 2.05) is 0 Å². The molecule has 2 N–H and O–H groups in total. The van der Waals surface area contributed by atoms with Gasteiger partial charge in [0.15, 0.2) is 5.96 Å². The summed E-state index contributed by atoms with van der Waals surface area (Å²) in [6, 6.07) is 11.0. The second kappa shape index (κ2) is 14.1. The van der Waals surface area contributed by atoms with Crippen molar-refractivity contribution in [2.24, 2.45) is 4.99 Å². The van der Waals surface area contributed by atoms with E-state index >= 15 is 0 Å². The Morgan fingerprint density at radius 2 is 2.04 bits per heavy atom. The molecule has 2 rings (SSSR count). The summed E-state index contributed by atoms with van der Waals surface area (Å²) in [5, 5.41) is 6.90. The SMILES string of the molecule is CCNC(=NCCCOCCOC)NC1CCN(c2ccccc2)C1.I. The Morgan fingerprint density at radius 3 is 2.77 bits per heavy atom. The topological polar surface area (TPSA) is 58.1 Å². The van der Waals surface area contributed by atoms with Crippen LogP contribution in [0.3, 0.4) is 0 Å². The van der Waals surface area contributed by atoms with E-state index in [0.29, 0.717) is 19.3 Å². The molecule has 0 saturated carbocycles. The molecule has 1 atom stereocenters. The number of halogens is 1. The van der Waals surface area contributed by atoms with Crippen molar-refractivity contribution >= 4 is 35.6 Å². The minimum atomic E-state index is 0. The Kier molecular flexibility index (Phi) is 12.4. The Hall–Kier alpha value is -1.06. The van der Waals surface area contributed by atoms with Gasteiger partial charge in [-0.2, -0.15) is 0 Å². The maximum Gasteiger partial charge on any atom is 0.191 e. The first-order valence-corrected chi connectivity index (χ1v) is 9.25. The van der Waals surface area contributed by atoms with Crippen molar-refractivity contribution in [3.63, 3.8) is 0 Å². The smallest absolute Gasteiger partial charge is 0.191 e. The number of benzene rings is 1. The highest BCUT2D eigenvalue weighted by atomic mass is 127. The fourth-order valence-electron chi connectivity index (χ4n) is 2.87. The number of guanidine groups is 1. The predicted octanol–water partition coefficient (Wildman–Crippen LogP) is 2.49. The standard InChI is InChI=1S/C19H32N4O2.HI/c1-3-20-19(21-11-7-13-25-15-14-24-2)22-17-10-12-23(16-17)18-8-5-4-6-9-18;/h4-6,8-9,17H,3,7,10-16H2,1-2H3,(H2,20,21,22);1H. The summed E-state index contributed by atoms with van der Waals surface area (Å²) in [5.41, 5.74) is 1.29. The van der Waals surface area contributed by atoms with Crippen molar-refractivity contribution < 1.29 is 9.47 Å². The second-order valence-corrected chi connectivity index (χ2v) is 6.13. The molecule has 6 nitrogen and oxygen atoms in total. The third-order valence-electron chi connectivity index (χ3n) is 4.14. The van der Waals surface area contributed by atoms with E-state index in [9.17, 15) is 0 Å². The molecule has 1 fully saturated rings. The Bertz CT molecular complexity index is 502. The zero-order valence-corrected chi connectivity index (χ0v) is 18.3. The first-order valence-electron chi connectivity index (χ1n) is 9.25. The summed E-state index contributed by atoms with van der Waals surface area (Å²) in [5.74, 6) is 0.902. The van der Waals surface area contributed by atoms with Gasteiger partial charge in [-0.3, -0.25) is 4.99 Å². The molecular weight excluding hydrogens is 443 g/mol. The van der Waals surface area contributed by atoms with Crippen LogP contribution in [0.4, 0.5) is 5.69 Å². The molecule has 0 amide bonds. The van der Waals surface area contributed by atoms with Crippen molar-refractivity contribution in [3.8, 4) is 0 Å². The molecule has 148 valence electrons. The minimum Gasteiger partial charge on any atom is -0.382 e. The van der Waals surface area contributed by atoms with Crippen LogP contribution < -0.4 is 15.5 Å². The van der Waals surface area contributed by atoms with E-state index in [1.165, 1.54) is 5.69 Å². The summed E-state index contributed by atoms with van der Waals surface area (Å²) in [6.07, 6.45) is 2.04. The number of anilines is 1. The number of nitrogens with one attached hydrogen (secondary N) is 2. The van der Waals surface area contributed by atoms with E-state index in [4.69, 9.17) is 9.47 Å². The molecule has 1 aliphatic rings. The van der Waals surface area contributed by atoms with Gasteiger partial charge in [-0.1, -0.05) is 18.2 Å². The number of rotatable bonds is 10. The number of nitrogens with zero attached hydrogens (tertiary/aromatic N) is 2. The van der Waals surface area contributed by atoms with Gasteiger partial charge in [-0.15, -0.1) is 24.0 Å². The van der Waals surface area contributed by atoms with Crippen molar-refractivity contribution in [2.45, 2.75) is 25.8 Å². The Balaban J connectivity index is 0.00000338. The zero-order valence-electron chi connectivity index (χ0n) is 15.9. The van der Waals surface area contributed by atoms with Gasteiger partial charge in [0.1, 0.15) is 0 Å². The third-order valence-corrected chi connectivity index (χ3v) is 4.14. The maximum absolute atomic E-state index is 5.47. The van der Waals surface area contributed by atoms with Crippen LogP contribution in [0.2, 0.25) is 0 Å². The van der Waals surface area contributed by atoms with Gasteiger partial charge in [0.2, 0.25) is 0 Å². The lowest BCUT2D eigenvalue weighted by Gasteiger charge is -2.20. The highest BCUT2D eigenvalue weighted by Crippen LogP contribution is 2.19. The molecular formula is C19H33IN4O2. The number of methoxy groups -OCH3 is 1. The molecule has 0 radical (unpaired) electrons. The largest absolute Gasteiger partial charge is 0.382 e. The van der Waals surface area contributed by atoms with Gasteiger partial charge in [0, 0.05) is 51.6 Å². The molecule has 0 bridgehead atoms. The van der Waals surface area contributed by atoms with Crippen molar-refractivity contribution in [1.29, 1.82) is 0 Å². The lowest BCUT2D eigenvalue weighted by atomic mass is 10.3. The summed E-state index contributed by atoms with van der Waals surface area (Å²) >= 11 is 0. The van der Waals surface area contributed by atoms with E-state index in [2.05, 4.69) is 57.8 Å². The van der Waals surface area contributed by atoms with Crippen LogP contribution in [0.5, 0.6) is 0 Å². The summed E-state index contributed by atoms with van der Waals surface area (Å²) < 4.78 is 10.4. The summed E-state index contributed by atoms with van der Waals surface area (Å²) in [4.78, 5) is 7.08. The van der Waals surface area contributed by atoms with Crippen molar-refractivity contribution in [3.05, 3.63) is 30.3 Å². The van der Waals surface area contributed by atoms with Crippen LogP contribution in [0.1, 0.15) is 19.8 Å². The fraction of sp³-hybridized carbons (Fsp3) is 0.632. The van der Waals surface area contributed by atoms with Gasteiger partial charge in [-0.25, -0.2) is 0 Å². The van der Waals surface area contributed by atoms with Gasteiger partial charge in [-0.05, 0) is 31.9 Å². The lowest BCUT2D eigenvalue weighted by molar-refractivity contribution is 0.0702. The maximum atomic E-state index is 5.47. The van der Waals surface area contributed by atoms with Crippen LogP contribution >= 0.6 is 24.0 Å². The third kappa shape index (κ3) is 8.55. The van der Waals surface area contributed by atoms with Gasteiger partial charge >= 0.3 is 0 Å². The highest BCUT2D eigenvalue weighted by Gasteiger charge is 2.23. The van der Waals surface area contributed by atoms with E-state index in [1.54, 1.807) is 7.11 Å². The van der Waals surface area contributed by atoms with E-state index < -0.39 is 0 Å². The molecule has 7 heteroatoms. The van der Waals surface area contributed by atoms with Crippen LogP contribution in [0.25, 0.3) is 0 Å². The molecule has 0 aromatic heterocycles. The monoisotopic (exact) mass is 476 g/mol. The van der Waals surface area contributed by atoms with Crippen LogP contribution in [-0.4, -0.2) is 65.1 Å². The summed E-state index contributed by atoms with van der Waals surface area (Å²) in [7, 11) is 1.68. The molecule has 1 aliphatic heterocycles. The number of aliphatic imine (C=N–C) groups is 1. The van der Waals surface area contributed by atoms with Crippen LogP contribution in [-0.2, 0) is 9.47 Å². The lowest BCUT2D eigenvalue weighted by Crippen LogP contribution is -2.44. The number of ether oxygens (including phenoxy) is 2. The molecule has 1 aromatic rings. The first-order chi connectivity index (χ1) is 12.3. The molecule has 1 heterocycles. The van der Waals surface area contributed by atoms with Crippen molar-refractivity contribution in [2.75, 3.05) is 58.0 Å². The zero-order chi connectivity index (χ0) is 17.7. The predicted molar refractivity (Wildman–Crippen MR) is 119 cm³/mol. The quantitative estimate of drug-likeness (QED) is 0.235. The average molecular weight is 476 g/mol. The molecule has 1 saturated heterocycles. The van der Waals surface area contributed by atoms with E-state index in [0.717, 1.165) is 51.6 Å². The molecule has 0 spiro atoms. The van der Waals surface area contributed by atoms with Crippen LogP contribution in [0, 0.1) is 0 Å². The van der Waals surface area contributed by atoms with E-state index in [-0.39, 0.29) is 24.0 Å². The highest BCUT2D eigenvalue weighted by molar-refractivity contribution is 14.0. The minimum absolute atomic E-state index is 0. The average Bonchev–Trinajstić information content (AvgIpc) is 3.10. The normalized spacial score (nSPS) is 17.1. The molecule has 26 heavy (non-hydrogen) atoms. The van der Waals surface area contributed by atoms with Crippen LogP contribution in [0.15, 0.2) is 35.3 Å². The number of para-hydroxylation sites is 1.